The molecule has 0 radical (unpaired) electrons. The number of rotatable bonds is 2. The molecule has 0 aliphatic heterocycles. The van der Waals surface area contributed by atoms with Crippen molar-refractivity contribution in [2.75, 3.05) is 0 Å². The minimum atomic E-state index is -0.0300. The summed E-state index contributed by atoms with van der Waals surface area (Å²) in [4.78, 5) is 10.0. The summed E-state index contributed by atoms with van der Waals surface area (Å²) in [5.41, 5.74) is 6.01. The summed E-state index contributed by atoms with van der Waals surface area (Å²) in [7, 11) is 0. The van der Waals surface area contributed by atoms with E-state index in [0.29, 0.717) is 11.4 Å². The smallest absolute Gasteiger partial charge is 0.211 e. The molecule has 66 valence electrons. The third-order valence-electron chi connectivity index (χ3n) is 1.22. The van der Waals surface area contributed by atoms with Crippen LogP contribution in [-0.2, 0) is 0 Å². The molecule has 1 aromatic rings. The Kier molecular flexibility index (Phi) is 3.15. The fraction of sp³-hybridized carbons (Fsp3) is 0. The quantitative estimate of drug-likeness (QED) is 0.446. The summed E-state index contributed by atoms with van der Waals surface area (Å²) >= 11 is 4.49. The van der Waals surface area contributed by atoms with Gasteiger partial charge in [-0.1, -0.05) is 0 Å². The van der Waals surface area contributed by atoms with Gasteiger partial charge < -0.3 is 5.73 Å². The highest BCUT2D eigenvalue weighted by atomic mass is 32.1. The molecular formula is C7H6N4OS. The zero-order valence-corrected chi connectivity index (χ0v) is 7.36. The molecule has 6 heteroatoms. The van der Waals surface area contributed by atoms with E-state index in [2.05, 4.69) is 27.6 Å². The van der Waals surface area contributed by atoms with E-state index >= 15 is 0 Å². The van der Waals surface area contributed by atoms with Crippen LogP contribution in [0.3, 0.4) is 0 Å². The van der Waals surface area contributed by atoms with Crippen LogP contribution in [0.25, 0.3) is 0 Å². The van der Waals surface area contributed by atoms with E-state index in [1.54, 1.807) is 12.1 Å². The molecule has 0 bridgehead atoms. The van der Waals surface area contributed by atoms with E-state index in [1.807, 2.05) is 0 Å². The van der Waals surface area contributed by atoms with Gasteiger partial charge in [0.1, 0.15) is 5.69 Å². The maximum Gasteiger partial charge on any atom is 0.211 e. The predicted octanol–water partition coefficient (Wildman–Crippen LogP) is 2.41. The van der Waals surface area contributed by atoms with Crippen molar-refractivity contribution in [3.05, 3.63) is 29.2 Å². The molecule has 0 spiro atoms. The summed E-state index contributed by atoms with van der Waals surface area (Å²) < 4.78 is 0. The zero-order chi connectivity index (χ0) is 9.68. The number of nitroso groups, excluding NO2 is 1. The molecule has 1 aromatic carbocycles. The van der Waals surface area contributed by atoms with E-state index in [0.717, 1.165) is 0 Å². The van der Waals surface area contributed by atoms with Gasteiger partial charge in [-0.15, -0.1) is 15.1 Å². The topological polar surface area (TPSA) is 80.2 Å². The largest absolute Gasteiger partial charge is 0.373 e. The van der Waals surface area contributed by atoms with Crippen molar-refractivity contribution in [1.82, 2.24) is 0 Å². The highest BCUT2D eigenvalue weighted by Gasteiger charge is 1.91. The maximum atomic E-state index is 10.0. The van der Waals surface area contributed by atoms with Gasteiger partial charge in [0.05, 0.1) is 5.69 Å². The molecule has 0 unspecified atom stereocenters. The Hall–Kier alpha value is -1.69. The van der Waals surface area contributed by atoms with E-state index < -0.39 is 0 Å². The minimum absolute atomic E-state index is 0.0300. The molecular weight excluding hydrogens is 188 g/mol. The summed E-state index contributed by atoms with van der Waals surface area (Å²) in [5.74, 6) is 0. The van der Waals surface area contributed by atoms with Crippen molar-refractivity contribution in [1.29, 1.82) is 0 Å². The van der Waals surface area contributed by atoms with Crippen molar-refractivity contribution in [2.24, 2.45) is 21.1 Å². The first-order chi connectivity index (χ1) is 6.22. The van der Waals surface area contributed by atoms with Crippen LogP contribution in [0.4, 0.5) is 11.4 Å². The van der Waals surface area contributed by atoms with Crippen molar-refractivity contribution in [3.8, 4) is 0 Å². The second-order valence-electron chi connectivity index (χ2n) is 2.15. The Balaban J connectivity index is 2.80. The van der Waals surface area contributed by atoms with Crippen LogP contribution in [0.5, 0.6) is 0 Å². The van der Waals surface area contributed by atoms with Gasteiger partial charge in [-0.2, -0.15) is 0 Å². The molecule has 1 rings (SSSR count). The summed E-state index contributed by atoms with van der Waals surface area (Å²) in [6.45, 7) is 0. The first-order valence-electron chi connectivity index (χ1n) is 3.37. The molecule has 0 atom stereocenters. The number of hydrogen-bond donors (Lipinski definition) is 1. The molecule has 0 saturated heterocycles. The summed E-state index contributed by atoms with van der Waals surface area (Å²) in [5, 5.41) is 9.88. The van der Waals surface area contributed by atoms with Crippen LogP contribution in [-0.4, -0.2) is 5.11 Å². The van der Waals surface area contributed by atoms with Gasteiger partial charge in [-0.25, -0.2) is 0 Å². The minimum Gasteiger partial charge on any atom is -0.373 e. The van der Waals surface area contributed by atoms with Crippen LogP contribution < -0.4 is 5.73 Å². The van der Waals surface area contributed by atoms with Crippen LogP contribution in [0.2, 0.25) is 0 Å². The molecule has 2 N–H and O–H groups in total. The normalized spacial score (nSPS) is 10.2. The van der Waals surface area contributed by atoms with Gasteiger partial charge in [0.2, 0.25) is 5.11 Å². The van der Waals surface area contributed by atoms with E-state index in [1.165, 1.54) is 12.1 Å². The lowest BCUT2D eigenvalue weighted by Crippen LogP contribution is -2.01. The Morgan fingerprint density at radius 2 is 1.77 bits per heavy atom. The Morgan fingerprint density at radius 1 is 1.23 bits per heavy atom. The van der Waals surface area contributed by atoms with Crippen molar-refractivity contribution < 1.29 is 0 Å². The predicted molar refractivity (Wildman–Crippen MR) is 53.2 cm³/mol. The number of azo groups is 1. The summed E-state index contributed by atoms with van der Waals surface area (Å²) in [6, 6.07) is 6.25. The first-order valence-corrected chi connectivity index (χ1v) is 3.78. The van der Waals surface area contributed by atoms with Crippen molar-refractivity contribution in [3.63, 3.8) is 0 Å². The zero-order valence-electron chi connectivity index (χ0n) is 6.54. The third-order valence-corrected chi connectivity index (χ3v) is 1.30. The molecule has 13 heavy (non-hydrogen) atoms. The lowest BCUT2D eigenvalue weighted by atomic mass is 10.3. The standard InChI is InChI=1S/C7H6N4OS/c8-7(13)10-9-5-1-3-6(11-12)4-2-5/h1-4H,(H2,8,13). The number of nitrogens with zero attached hydrogens (tertiary/aromatic N) is 3. The Morgan fingerprint density at radius 3 is 2.23 bits per heavy atom. The van der Waals surface area contributed by atoms with E-state index in [9.17, 15) is 4.91 Å². The van der Waals surface area contributed by atoms with Crippen molar-refractivity contribution in [2.45, 2.75) is 0 Å². The maximum absolute atomic E-state index is 10.0. The molecule has 0 aromatic heterocycles. The number of nitrogens with two attached hydrogens (primary N) is 1. The molecule has 0 aliphatic carbocycles. The molecule has 0 amide bonds. The van der Waals surface area contributed by atoms with Crippen LogP contribution >= 0.6 is 12.2 Å². The van der Waals surface area contributed by atoms with E-state index in [-0.39, 0.29) is 5.11 Å². The monoisotopic (exact) mass is 194 g/mol. The second-order valence-corrected chi connectivity index (χ2v) is 2.56. The lowest BCUT2D eigenvalue weighted by Gasteiger charge is -1.90. The summed E-state index contributed by atoms with van der Waals surface area (Å²) in [6.07, 6.45) is 0. The van der Waals surface area contributed by atoms with Gasteiger partial charge in [0, 0.05) is 0 Å². The number of benzene rings is 1. The second kappa shape index (κ2) is 4.36. The average molecular weight is 194 g/mol. The lowest BCUT2D eigenvalue weighted by molar-refractivity contribution is 1.27. The van der Waals surface area contributed by atoms with Gasteiger partial charge in [-0.05, 0) is 41.7 Å². The van der Waals surface area contributed by atoms with Crippen LogP contribution in [0, 0.1) is 4.91 Å². The van der Waals surface area contributed by atoms with Crippen molar-refractivity contribution >= 4 is 28.7 Å². The van der Waals surface area contributed by atoms with Gasteiger partial charge in [0.15, 0.2) is 0 Å². The SMILES string of the molecule is NC(=S)N=Nc1ccc(N=O)cc1. The van der Waals surface area contributed by atoms with Crippen LogP contribution in [0.1, 0.15) is 0 Å². The van der Waals surface area contributed by atoms with Gasteiger partial charge in [0.25, 0.3) is 0 Å². The van der Waals surface area contributed by atoms with E-state index in [4.69, 9.17) is 5.73 Å². The molecule has 0 heterocycles. The van der Waals surface area contributed by atoms with Gasteiger partial charge in [-0.3, -0.25) is 0 Å². The average Bonchev–Trinajstić information content (AvgIpc) is 2.15. The Bertz CT molecular complexity index is 346. The molecule has 0 aliphatic rings. The fourth-order valence-corrected chi connectivity index (χ4v) is 0.728. The van der Waals surface area contributed by atoms with Gasteiger partial charge >= 0.3 is 0 Å². The fourth-order valence-electron chi connectivity index (χ4n) is 0.687. The van der Waals surface area contributed by atoms with Crippen LogP contribution in [0.15, 0.2) is 39.7 Å². The molecule has 0 saturated carbocycles. The Labute approximate surface area is 79.6 Å². The highest BCUT2D eigenvalue weighted by molar-refractivity contribution is 7.80. The first kappa shape index (κ1) is 9.40. The highest BCUT2D eigenvalue weighted by Crippen LogP contribution is 2.18. The molecule has 5 nitrogen and oxygen atoms in total. The number of hydrogen-bond acceptors (Lipinski definition) is 4. The molecule has 0 fully saturated rings. The number of thiocarbonyl (C=S) groups is 1. The third kappa shape index (κ3) is 3.04.